The van der Waals surface area contributed by atoms with Crippen molar-refractivity contribution >= 4 is 6.09 Å². The number of nitrogens with zero attached hydrogens (tertiary/aromatic N) is 1. The van der Waals surface area contributed by atoms with Gasteiger partial charge in [-0.2, -0.15) is 0 Å². The molecule has 4 nitrogen and oxygen atoms in total. The molecule has 0 bridgehead atoms. The van der Waals surface area contributed by atoms with Crippen molar-refractivity contribution in [1.82, 2.24) is 4.90 Å². The zero-order valence-corrected chi connectivity index (χ0v) is 12.1. The van der Waals surface area contributed by atoms with Gasteiger partial charge in [-0.25, -0.2) is 9.18 Å². The molecule has 110 valence electrons. The minimum absolute atomic E-state index is 0.0572. The van der Waals surface area contributed by atoms with Gasteiger partial charge in [-0.3, -0.25) is 0 Å². The van der Waals surface area contributed by atoms with Gasteiger partial charge in [0.1, 0.15) is 11.4 Å². The topological polar surface area (TPSA) is 55.6 Å². The first-order chi connectivity index (χ1) is 9.26. The Morgan fingerprint density at radius 3 is 2.70 bits per heavy atom. The van der Waals surface area contributed by atoms with Crippen molar-refractivity contribution in [2.75, 3.05) is 13.1 Å². The molecule has 1 heterocycles. The van der Waals surface area contributed by atoms with E-state index in [2.05, 4.69) is 0 Å². The molecule has 5 heteroatoms. The molecule has 0 radical (unpaired) electrons. The van der Waals surface area contributed by atoms with Crippen molar-refractivity contribution in [3.8, 4) is 0 Å². The molecule has 2 rings (SSSR count). The number of hydrogen-bond acceptors (Lipinski definition) is 3. The Balaban J connectivity index is 2.07. The van der Waals surface area contributed by atoms with Crippen LogP contribution in [-0.4, -0.2) is 35.7 Å². The van der Waals surface area contributed by atoms with Crippen molar-refractivity contribution in [1.29, 1.82) is 0 Å². The second-order valence-electron chi connectivity index (χ2n) is 6.21. The zero-order valence-electron chi connectivity index (χ0n) is 12.1. The first-order valence-corrected chi connectivity index (χ1v) is 6.75. The number of amides is 1. The van der Waals surface area contributed by atoms with Gasteiger partial charge in [0.15, 0.2) is 0 Å². The lowest BCUT2D eigenvalue weighted by atomic mass is 9.95. The van der Waals surface area contributed by atoms with Gasteiger partial charge in [-0.05, 0) is 38.5 Å². The van der Waals surface area contributed by atoms with Crippen LogP contribution in [0.1, 0.15) is 32.3 Å². The number of carbonyl (C=O) groups is 1. The fraction of sp³-hybridized carbons (Fsp3) is 0.533. The van der Waals surface area contributed by atoms with Crippen molar-refractivity contribution < 1.29 is 13.9 Å². The maximum atomic E-state index is 13.3. The van der Waals surface area contributed by atoms with Crippen LogP contribution >= 0.6 is 0 Å². The number of likely N-dealkylation sites (tertiary alicyclic amines) is 1. The lowest BCUT2D eigenvalue weighted by molar-refractivity contribution is 0.0290. The summed E-state index contributed by atoms with van der Waals surface area (Å²) < 4.78 is 18.6. The minimum Gasteiger partial charge on any atom is -0.444 e. The molecule has 1 amide bonds. The van der Waals surface area contributed by atoms with E-state index in [1.54, 1.807) is 11.0 Å². The molecule has 0 aromatic heterocycles. The van der Waals surface area contributed by atoms with Gasteiger partial charge in [0, 0.05) is 25.0 Å². The smallest absolute Gasteiger partial charge is 0.410 e. The normalized spacial score (nSPS) is 22.9. The molecule has 0 saturated carbocycles. The van der Waals surface area contributed by atoms with Crippen LogP contribution in [0.3, 0.4) is 0 Å². The third kappa shape index (κ3) is 3.48. The Morgan fingerprint density at radius 1 is 1.40 bits per heavy atom. The average molecular weight is 280 g/mol. The number of ether oxygens (including phenoxy) is 1. The van der Waals surface area contributed by atoms with E-state index in [0.29, 0.717) is 13.1 Å². The molecular formula is C15H21FN2O2. The largest absolute Gasteiger partial charge is 0.444 e. The van der Waals surface area contributed by atoms with Gasteiger partial charge in [0.25, 0.3) is 0 Å². The monoisotopic (exact) mass is 280 g/mol. The summed E-state index contributed by atoms with van der Waals surface area (Å²) in [5.74, 6) is -0.344. The highest BCUT2D eigenvalue weighted by Gasteiger charge is 2.36. The van der Waals surface area contributed by atoms with Gasteiger partial charge < -0.3 is 15.4 Å². The number of nitrogens with two attached hydrogens (primary N) is 1. The molecule has 20 heavy (non-hydrogen) atoms. The lowest BCUT2D eigenvalue weighted by Crippen LogP contribution is -2.36. The number of benzene rings is 1. The van der Waals surface area contributed by atoms with Gasteiger partial charge in [-0.15, -0.1) is 0 Å². The molecule has 1 aliphatic heterocycles. The summed E-state index contributed by atoms with van der Waals surface area (Å²) in [6.07, 6.45) is -0.369. The summed E-state index contributed by atoms with van der Waals surface area (Å²) in [7, 11) is 0. The van der Waals surface area contributed by atoms with E-state index in [-0.39, 0.29) is 23.9 Å². The number of carbonyl (C=O) groups excluding carboxylic acids is 1. The van der Waals surface area contributed by atoms with E-state index < -0.39 is 5.60 Å². The van der Waals surface area contributed by atoms with Crippen LogP contribution in [0.25, 0.3) is 0 Å². The van der Waals surface area contributed by atoms with E-state index in [0.717, 1.165) is 5.56 Å². The number of hydrogen-bond donors (Lipinski definition) is 1. The highest BCUT2D eigenvalue weighted by molar-refractivity contribution is 5.69. The average Bonchev–Trinajstić information content (AvgIpc) is 2.69. The number of rotatable bonds is 1. The predicted molar refractivity (Wildman–Crippen MR) is 74.9 cm³/mol. The molecule has 2 N–H and O–H groups in total. The molecule has 1 aromatic carbocycles. The summed E-state index contributed by atoms with van der Waals surface area (Å²) in [6, 6.07) is 6.17. The van der Waals surface area contributed by atoms with Crippen molar-refractivity contribution in [2.45, 2.75) is 38.3 Å². The van der Waals surface area contributed by atoms with Gasteiger partial charge in [0.2, 0.25) is 0 Å². The van der Waals surface area contributed by atoms with E-state index in [1.807, 2.05) is 26.8 Å². The van der Waals surface area contributed by atoms with E-state index >= 15 is 0 Å². The first-order valence-electron chi connectivity index (χ1n) is 6.75. The predicted octanol–water partition coefficient (Wildman–Crippen LogP) is 2.49. The second kappa shape index (κ2) is 5.40. The van der Waals surface area contributed by atoms with Crippen molar-refractivity contribution in [3.05, 3.63) is 35.6 Å². The maximum absolute atomic E-state index is 13.3. The molecule has 1 fully saturated rings. The quantitative estimate of drug-likeness (QED) is 0.860. The third-order valence-electron chi connectivity index (χ3n) is 3.29. The molecule has 2 atom stereocenters. The van der Waals surface area contributed by atoms with Crippen LogP contribution in [0.5, 0.6) is 0 Å². The second-order valence-corrected chi connectivity index (χ2v) is 6.21. The molecule has 0 aliphatic carbocycles. The van der Waals surface area contributed by atoms with E-state index in [4.69, 9.17) is 10.5 Å². The SMILES string of the molecule is CC(C)(C)OC(=O)N1C[C@H](c2cccc(F)c2)[C@@H](N)C1. The number of halogens is 1. The van der Waals surface area contributed by atoms with Gasteiger partial charge in [0.05, 0.1) is 0 Å². The minimum atomic E-state index is -0.530. The van der Waals surface area contributed by atoms with Crippen LogP contribution in [0.15, 0.2) is 24.3 Å². The van der Waals surface area contributed by atoms with Gasteiger partial charge >= 0.3 is 6.09 Å². The van der Waals surface area contributed by atoms with E-state index in [1.165, 1.54) is 12.1 Å². The summed E-state index contributed by atoms with van der Waals surface area (Å²) in [5, 5.41) is 0. The Labute approximate surface area is 118 Å². The molecular weight excluding hydrogens is 259 g/mol. The maximum Gasteiger partial charge on any atom is 0.410 e. The Bertz CT molecular complexity index is 499. The fourth-order valence-electron chi connectivity index (χ4n) is 2.39. The summed E-state index contributed by atoms with van der Waals surface area (Å²) >= 11 is 0. The van der Waals surface area contributed by atoms with Crippen LogP contribution in [0, 0.1) is 5.82 Å². The van der Waals surface area contributed by atoms with Crippen molar-refractivity contribution in [3.63, 3.8) is 0 Å². The summed E-state index contributed by atoms with van der Waals surface area (Å²) in [6.45, 7) is 6.36. The van der Waals surface area contributed by atoms with Crippen LogP contribution in [-0.2, 0) is 4.74 Å². The summed E-state index contributed by atoms with van der Waals surface area (Å²) in [5.41, 5.74) is 6.37. The molecule has 1 aromatic rings. The lowest BCUT2D eigenvalue weighted by Gasteiger charge is -2.24. The van der Waals surface area contributed by atoms with Crippen LogP contribution < -0.4 is 5.73 Å². The fourth-order valence-corrected chi connectivity index (χ4v) is 2.39. The van der Waals surface area contributed by atoms with E-state index in [9.17, 15) is 9.18 Å². The third-order valence-corrected chi connectivity index (χ3v) is 3.29. The Morgan fingerprint density at radius 2 is 2.10 bits per heavy atom. The van der Waals surface area contributed by atoms with Crippen molar-refractivity contribution in [2.24, 2.45) is 5.73 Å². The molecule has 0 unspecified atom stereocenters. The van der Waals surface area contributed by atoms with Crippen LogP contribution in [0.2, 0.25) is 0 Å². The van der Waals surface area contributed by atoms with Gasteiger partial charge in [-0.1, -0.05) is 12.1 Å². The Kier molecular flexibility index (Phi) is 3.99. The highest BCUT2D eigenvalue weighted by Crippen LogP contribution is 2.28. The molecule has 1 aliphatic rings. The molecule has 0 spiro atoms. The highest BCUT2D eigenvalue weighted by atomic mass is 19.1. The zero-order chi connectivity index (χ0) is 14.9. The standard InChI is InChI=1S/C15H21FN2O2/c1-15(2,3)20-14(19)18-8-12(13(17)9-18)10-5-4-6-11(16)7-10/h4-7,12-13H,8-9,17H2,1-3H3/t12-,13+/m1/s1. The Hall–Kier alpha value is -1.62. The summed E-state index contributed by atoms with van der Waals surface area (Å²) in [4.78, 5) is 13.6. The van der Waals surface area contributed by atoms with Crippen LogP contribution in [0.4, 0.5) is 9.18 Å². The molecule has 1 saturated heterocycles. The first kappa shape index (κ1) is 14.8.